The Labute approximate surface area is 179 Å². The van der Waals surface area contributed by atoms with Gasteiger partial charge < -0.3 is 14.0 Å². The third-order valence-electron chi connectivity index (χ3n) is 4.88. The van der Waals surface area contributed by atoms with E-state index in [2.05, 4.69) is 14.7 Å². The van der Waals surface area contributed by atoms with Crippen LogP contribution in [-0.2, 0) is 26.5 Å². The number of para-hydroxylation sites is 1. The lowest BCUT2D eigenvalue weighted by Gasteiger charge is -2.18. The first-order valence-corrected chi connectivity index (χ1v) is 11.6. The third-order valence-corrected chi connectivity index (χ3v) is 7.40. The van der Waals surface area contributed by atoms with Crippen molar-refractivity contribution in [1.82, 2.24) is 9.55 Å². The number of aliphatic imine (C=N–C) groups is 1. The normalized spacial score (nSPS) is 16.9. The zero-order valence-corrected chi connectivity index (χ0v) is 18.4. The average molecular weight is 447 g/mol. The number of pyridine rings is 1. The van der Waals surface area contributed by atoms with Gasteiger partial charge in [0, 0.05) is 32.9 Å². The number of benzene rings is 1. The largest absolute Gasteiger partial charge is 0.355 e. The van der Waals surface area contributed by atoms with Crippen LogP contribution in [0.4, 0.5) is 5.69 Å². The van der Waals surface area contributed by atoms with Crippen LogP contribution in [-0.4, -0.2) is 55.3 Å². The number of ether oxygens (including phenoxy) is 2. The van der Waals surface area contributed by atoms with Gasteiger partial charge in [-0.25, -0.2) is 4.98 Å². The first-order chi connectivity index (χ1) is 14.4. The molecule has 4 rings (SSSR count). The van der Waals surface area contributed by atoms with Crippen molar-refractivity contribution in [2.75, 3.05) is 25.5 Å². The van der Waals surface area contributed by atoms with E-state index in [-0.39, 0.29) is 16.6 Å². The molecule has 1 aliphatic heterocycles. The molecule has 0 radical (unpaired) electrons. The summed E-state index contributed by atoms with van der Waals surface area (Å²) in [6.45, 7) is 0.590. The molecule has 30 heavy (non-hydrogen) atoms. The summed E-state index contributed by atoms with van der Waals surface area (Å²) in [5.41, 5.74) is 2.17. The molecule has 0 saturated carbocycles. The molecule has 0 amide bonds. The minimum absolute atomic E-state index is 0.0276. The fourth-order valence-corrected chi connectivity index (χ4v) is 5.73. The number of fused-ring (bicyclic) bond motifs is 1. The van der Waals surface area contributed by atoms with E-state index in [9.17, 15) is 8.42 Å². The number of hydrogen-bond donors (Lipinski definition) is 1. The number of thioether (sulfide) groups is 1. The molecule has 0 aliphatic carbocycles. The first-order valence-electron chi connectivity index (χ1n) is 9.24. The number of nitrogens with one attached hydrogen (secondary N) is 1. The van der Waals surface area contributed by atoms with Crippen molar-refractivity contribution in [2.45, 2.75) is 16.6 Å². The van der Waals surface area contributed by atoms with E-state index >= 15 is 0 Å². The summed E-state index contributed by atoms with van der Waals surface area (Å²) in [7, 11) is 1.33. The zero-order chi connectivity index (χ0) is 21.3. The van der Waals surface area contributed by atoms with E-state index < -0.39 is 10.0 Å². The molecular weight excluding hydrogens is 424 g/mol. The maximum atomic E-state index is 12.8. The Morgan fingerprint density at radius 1 is 1.20 bits per heavy atom. The summed E-state index contributed by atoms with van der Waals surface area (Å²) < 4.78 is 40.9. The number of aromatic nitrogens is 2. The Morgan fingerprint density at radius 3 is 2.70 bits per heavy atom. The quantitative estimate of drug-likeness (QED) is 0.561. The predicted molar refractivity (Wildman–Crippen MR) is 119 cm³/mol. The summed E-state index contributed by atoms with van der Waals surface area (Å²) in [5, 5.41) is 1.82. The highest BCUT2D eigenvalue weighted by Crippen LogP contribution is 2.34. The monoisotopic (exact) mass is 446 g/mol. The number of nitrogens with zero attached hydrogens (tertiary/aromatic N) is 3. The lowest BCUT2D eigenvalue weighted by molar-refractivity contribution is -0.0994. The fraction of sp³-hybridized carbons (Fsp3) is 0.300. The van der Waals surface area contributed by atoms with E-state index in [1.807, 2.05) is 29.8 Å². The molecule has 1 atom stereocenters. The van der Waals surface area contributed by atoms with Gasteiger partial charge >= 0.3 is 0 Å². The van der Waals surface area contributed by atoms with Gasteiger partial charge in [-0.2, -0.15) is 8.42 Å². The molecule has 1 N–H and O–H groups in total. The van der Waals surface area contributed by atoms with Crippen molar-refractivity contribution in [1.29, 1.82) is 0 Å². The van der Waals surface area contributed by atoms with Gasteiger partial charge in [-0.15, -0.1) is 0 Å². The highest BCUT2D eigenvalue weighted by atomic mass is 32.2. The second kappa shape index (κ2) is 8.38. The maximum Gasteiger partial charge on any atom is 0.279 e. The molecule has 158 valence electrons. The van der Waals surface area contributed by atoms with Crippen LogP contribution < -0.4 is 4.72 Å². The Hall–Kier alpha value is -2.40. The van der Waals surface area contributed by atoms with Gasteiger partial charge in [0.1, 0.15) is 5.04 Å². The molecule has 3 heterocycles. The van der Waals surface area contributed by atoms with Crippen molar-refractivity contribution in [3.8, 4) is 0 Å². The molecule has 0 bridgehead atoms. The van der Waals surface area contributed by atoms with Gasteiger partial charge in [0.25, 0.3) is 10.0 Å². The van der Waals surface area contributed by atoms with Crippen molar-refractivity contribution in [2.24, 2.45) is 12.0 Å². The fourth-order valence-electron chi connectivity index (χ4n) is 3.48. The van der Waals surface area contributed by atoms with Gasteiger partial charge in [0.05, 0.1) is 28.7 Å². The number of sulfonamides is 1. The van der Waals surface area contributed by atoms with Gasteiger partial charge in [0.15, 0.2) is 11.3 Å². The van der Waals surface area contributed by atoms with Crippen LogP contribution in [0.2, 0.25) is 0 Å². The number of aryl methyl sites for hydroxylation is 1. The van der Waals surface area contributed by atoms with Gasteiger partial charge in [0.2, 0.25) is 0 Å². The van der Waals surface area contributed by atoms with Gasteiger partial charge in [-0.1, -0.05) is 30.0 Å². The number of rotatable bonds is 7. The smallest absolute Gasteiger partial charge is 0.279 e. The van der Waals surface area contributed by atoms with Gasteiger partial charge in [-0.3, -0.25) is 9.71 Å². The third kappa shape index (κ3) is 3.83. The molecule has 10 heteroatoms. The number of methoxy groups -OCH3 is 2. The molecule has 3 aromatic rings. The standard InChI is InChI=1S/C20H22N4O4S2/c1-24-15(19-22-12-16(29-19)20(27-2)28-3)11-13-7-6-8-14(18(13)24)23-30(25,26)17-9-4-5-10-21-17/h4-11,16,20,23H,12H2,1-3H3. The average Bonchev–Trinajstić information content (AvgIpc) is 3.35. The van der Waals surface area contributed by atoms with Crippen LogP contribution in [0.1, 0.15) is 5.69 Å². The summed E-state index contributed by atoms with van der Waals surface area (Å²) in [5.74, 6) is 0. The highest BCUT2D eigenvalue weighted by Gasteiger charge is 2.30. The lowest BCUT2D eigenvalue weighted by atomic mass is 10.2. The van der Waals surface area contributed by atoms with Gasteiger partial charge in [-0.05, 0) is 24.3 Å². The molecule has 0 spiro atoms. The second-order valence-corrected chi connectivity index (χ2v) is 9.60. The SMILES string of the molecule is COC(OC)C1CN=C(c2cc3cccc(NS(=O)(=O)c4ccccn4)c3n2C)S1. The van der Waals surface area contributed by atoms with Crippen LogP contribution in [0.5, 0.6) is 0 Å². The van der Waals surface area contributed by atoms with E-state index in [4.69, 9.17) is 9.47 Å². The van der Waals surface area contributed by atoms with Crippen LogP contribution in [0.15, 0.2) is 58.7 Å². The molecule has 0 fully saturated rings. The van der Waals surface area contributed by atoms with E-state index in [1.54, 1.807) is 44.2 Å². The van der Waals surface area contributed by atoms with E-state index in [1.165, 1.54) is 12.3 Å². The molecule has 1 aliphatic rings. The maximum absolute atomic E-state index is 12.8. The summed E-state index contributed by atoms with van der Waals surface area (Å²) >= 11 is 1.60. The van der Waals surface area contributed by atoms with Crippen LogP contribution >= 0.6 is 11.8 Å². The first kappa shape index (κ1) is 20.9. The topological polar surface area (TPSA) is 94.8 Å². The minimum Gasteiger partial charge on any atom is -0.355 e. The van der Waals surface area contributed by atoms with Crippen molar-refractivity contribution in [3.05, 3.63) is 54.4 Å². The van der Waals surface area contributed by atoms with E-state index in [0.29, 0.717) is 12.2 Å². The van der Waals surface area contributed by atoms with Crippen molar-refractivity contribution in [3.63, 3.8) is 0 Å². The number of anilines is 1. The molecule has 2 aromatic heterocycles. The molecule has 1 unspecified atom stereocenters. The Bertz CT molecular complexity index is 1190. The van der Waals surface area contributed by atoms with Crippen LogP contribution in [0.25, 0.3) is 10.9 Å². The Morgan fingerprint density at radius 2 is 2.00 bits per heavy atom. The minimum atomic E-state index is -3.80. The zero-order valence-electron chi connectivity index (χ0n) is 16.8. The molecule has 8 nitrogen and oxygen atoms in total. The van der Waals surface area contributed by atoms with Crippen LogP contribution in [0, 0.1) is 0 Å². The molecule has 1 aromatic carbocycles. The van der Waals surface area contributed by atoms with Crippen molar-refractivity contribution >= 4 is 43.4 Å². The number of hydrogen-bond acceptors (Lipinski definition) is 7. The molecular formula is C20H22N4O4S2. The van der Waals surface area contributed by atoms with Crippen LogP contribution in [0.3, 0.4) is 0 Å². The Kier molecular flexibility index (Phi) is 5.83. The Balaban J connectivity index is 1.68. The predicted octanol–water partition coefficient (Wildman–Crippen LogP) is 2.86. The highest BCUT2D eigenvalue weighted by molar-refractivity contribution is 8.15. The van der Waals surface area contributed by atoms with Crippen molar-refractivity contribution < 1.29 is 17.9 Å². The summed E-state index contributed by atoms with van der Waals surface area (Å²) in [4.78, 5) is 8.62. The second-order valence-electron chi connectivity index (χ2n) is 6.75. The summed E-state index contributed by atoms with van der Waals surface area (Å²) in [6.07, 6.45) is 1.11. The van der Waals surface area contributed by atoms with E-state index in [0.717, 1.165) is 21.6 Å². The lowest BCUT2D eigenvalue weighted by Crippen LogP contribution is -2.28. The molecule has 0 saturated heterocycles. The summed E-state index contributed by atoms with van der Waals surface area (Å²) in [6, 6.07) is 12.3.